The molecule has 1 aromatic carbocycles. The van der Waals surface area contributed by atoms with Gasteiger partial charge in [0.1, 0.15) is 0 Å². The average Bonchev–Trinajstić information content (AvgIpc) is 3.04. The number of methoxy groups -OCH3 is 2. The monoisotopic (exact) mass is 319 g/mol. The van der Waals surface area contributed by atoms with Gasteiger partial charge in [-0.2, -0.15) is 0 Å². The molecule has 0 saturated heterocycles. The van der Waals surface area contributed by atoms with Crippen molar-refractivity contribution in [2.24, 2.45) is 0 Å². The molecule has 0 aliphatic rings. The minimum absolute atomic E-state index is 0.0579. The first kappa shape index (κ1) is 16.4. The third kappa shape index (κ3) is 4.24. The van der Waals surface area contributed by atoms with Crippen LogP contribution in [0.15, 0.2) is 29.6 Å². The largest absolute Gasteiger partial charge is 0.493 e. The van der Waals surface area contributed by atoms with Gasteiger partial charge >= 0.3 is 0 Å². The van der Waals surface area contributed by atoms with Gasteiger partial charge in [0.2, 0.25) is 5.91 Å². The predicted molar refractivity (Wildman–Crippen MR) is 88.8 cm³/mol. The summed E-state index contributed by atoms with van der Waals surface area (Å²) < 4.78 is 10.6. The summed E-state index contributed by atoms with van der Waals surface area (Å²) in [6, 6.07) is 7.89. The van der Waals surface area contributed by atoms with Crippen LogP contribution in [0.4, 0.5) is 0 Å². The minimum Gasteiger partial charge on any atom is -0.493 e. The van der Waals surface area contributed by atoms with E-state index < -0.39 is 0 Å². The molecule has 1 N–H and O–H groups in total. The van der Waals surface area contributed by atoms with E-state index in [9.17, 15) is 4.79 Å². The smallest absolute Gasteiger partial charge is 0.220 e. The maximum Gasteiger partial charge on any atom is 0.220 e. The number of hydrogen-bond donors (Lipinski definition) is 1. The fourth-order valence-corrected chi connectivity index (χ4v) is 2.90. The van der Waals surface area contributed by atoms with Crippen molar-refractivity contribution in [3.8, 4) is 11.5 Å². The van der Waals surface area contributed by atoms with Crippen molar-refractivity contribution in [1.82, 2.24) is 5.32 Å². The summed E-state index contributed by atoms with van der Waals surface area (Å²) in [5.74, 6) is 1.44. The molecule has 0 spiro atoms. The highest BCUT2D eigenvalue weighted by molar-refractivity contribution is 7.09. The van der Waals surface area contributed by atoms with E-state index >= 15 is 0 Å². The predicted octanol–water partition coefficient (Wildman–Crippen LogP) is 3.32. The number of hydrogen-bond acceptors (Lipinski definition) is 4. The van der Waals surface area contributed by atoms with Crippen LogP contribution < -0.4 is 14.8 Å². The summed E-state index contributed by atoms with van der Waals surface area (Å²) in [6.45, 7) is 2.49. The Hall–Kier alpha value is -2.01. The zero-order valence-corrected chi connectivity index (χ0v) is 14.0. The lowest BCUT2D eigenvalue weighted by Gasteiger charge is -2.13. The summed E-state index contributed by atoms with van der Waals surface area (Å²) in [5, 5.41) is 4.99. The molecule has 0 unspecified atom stereocenters. The Morgan fingerprint density at radius 3 is 2.59 bits per heavy atom. The third-order valence-corrected chi connectivity index (χ3v) is 4.43. The third-order valence-electron chi connectivity index (χ3n) is 3.50. The van der Waals surface area contributed by atoms with E-state index in [1.165, 1.54) is 4.88 Å². The zero-order chi connectivity index (χ0) is 15.9. The Morgan fingerprint density at radius 1 is 1.23 bits per heavy atom. The first-order valence-corrected chi connectivity index (χ1v) is 8.02. The normalized spacial score (nSPS) is 10.3. The van der Waals surface area contributed by atoms with Crippen molar-refractivity contribution in [2.45, 2.75) is 26.3 Å². The average molecular weight is 319 g/mol. The van der Waals surface area contributed by atoms with Gasteiger partial charge in [0, 0.05) is 17.8 Å². The van der Waals surface area contributed by atoms with Gasteiger partial charge in [-0.3, -0.25) is 4.79 Å². The molecule has 0 radical (unpaired) electrons. The lowest BCUT2D eigenvalue weighted by Crippen LogP contribution is -2.23. The molecule has 0 aliphatic carbocycles. The van der Waals surface area contributed by atoms with E-state index in [-0.39, 0.29) is 5.91 Å². The number of rotatable bonds is 7. The van der Waals surface area contributed by atoms with E-state index in [1.807, 2.05) is 30.5 Å². The highest BCUT2D eigenvalue weighted by Crippen LogP contribution is 2.30. The van der Waals surface area contributed by atoms with E-state index in [4.69, 9.17) is 9.47 Å². The van der Waals surface area contributed by atoms with E-state index in [2.05, 4.69) is 11.4 Å². The summed E-state index contributed by atoms with van der Waals surface area (Å²) in [5.41, 5.74) is 2.10. The molecular weight excluding hydrogens is 298 g/mol. The Balaban J connectivity index is 1.91. The van der Waals surface area contributed by atoms with Crippen LogP contribution in [0.1, 0.15) is 22.4 Å². The molecule has 1 heterocycles. The molecule has 0 fully saturated rings. The van der Waals surface area contributed by atoms with Gasteiger partial charge in [-0.05, 0) is 48.1 Å². The molecule has 5 heteroatoms. The first-order valence-electron chi connectivity index (χ1n) is 7.14. The van der Waals surface area contributed by atoms with Crippen LogP contribution in [-0.4, -0.2) is 20.1 Å². The number of thiophene rings is 1. The molecule has 0 atom stereocenters. The van der Waals surface area contributed by atoms with Crippen LogP contribution in [0.3, 0.4) is 0 Å². The fraction of sp³-hybridized carbons (Fsp3) is 0.353. The fourth-order valence-electron chi connectivity index (χ4n) is 2.19. The van der Waals surface area contributed by atoms with E-state index in [1.54, 1.807) is 25.6 Å². The number of nitrogens with one attached hydrogen (secondary N) is 1. The molecule has 1 aromatic heterocycles. The maximum atomic E-state index is 11.9. The molecule has 2 rings (SSSR count). The lowest BCUT2D eigenvalue weighted by atomic mass is 10.1. The summed E-state index contributed by atoms with van der Waals surface area (Å²) in [6.07, 6.45) is 1.29. The minimum atomic E-state index is 0.0579. The topological polar surface area (TPSA) is 47.6 Å². The van der Waals surface area contributed by atoms with E-state index in [0.717, 1.165) is 17.5 Å². The summed E-state index contributed by atoms with van der Waals surface area (Å²) in [7, 11) is 3.22. The molecule has 22 heavy (non-hydrogen) atoms. The van der Waals surface area contributed by atoms with Crippen LogP contribution >= 0.6 is 11.3 Å². The van der Waals surface area contributed by atoms with Gasteiger partial charge in [-0.25, -0.2) is 0 Å². The molecule has 118 valence electrons. The number of carbonyl (C=O) groups is 1. The van der Waals surface area contributed by atoms with Gasteiger partial charge < -0.3 is 14.8 Å². The second-order valence-corrected chi connectivity index (χ2v) is 6.02. The van der Waals surface area contributed by atoms with Crippen molar-refractivity contribution in [3.63, 3.8) is 0 Å². The number of carbonyl (C=O) groups excluding carboxylic acids is 1. The van der Waals surface area contributed by atoms with Crippen molar-refractivity contribution < 1.29 is 14.3 Å². The molecule has 0 bridgehead atoms. The molecule has 4 nitrogen and oxygen atoms in total. The number of ether oxygens (including phenoxy) is 2. The second kappa shape index (κ2) is 7.84. The number of aryl methyl sites for hydroxylation is 2. The standard InChI is InChI=1S/C17H21NO3S/c1-12-9-15(20-2)16(21-3)10-13(12)11-18-17(19)7-6-14-5-4-8-22-14/h4-5,8-10H,6-7,11H2,1-3H3,(H,18,19). The highest BCUT2D eigenvalue weighted by atomic mass is 32.1. The molecular formula is C17H21NO3S. The quantitative estimate of drug-likeness (QED) is 0.851. The van der Waals surface area contributed by atoms with Crippen molar-refractivity contribution in [2.75, 3.05) is 14.2 Å². The highest BCUT2D eigenvalue weighted by Gasteiger charge is 2.10. The SMILES string of the molecule is COc1cc(C)c(CNC(=O)CCc2cccs2)cc1OC. The Bertz CT molecular complexity index is 623. The molecule has 0 aliphatic heterocycles. The van der Waals surface area contributed by atoms with Crippen LogP contribution in [0, 0.1) is 6.92 Å². The second-order valence-electron chi connectivity index (χ2n) is 4.99. The van der Waals surface area contributed by atoms with Crippen molar-refractivity contribution in [1.29, 1.82) is 0 Å². The van der Waals surface area contributed by atoms with Crippen LogP contribution in [0.5, 0.6) is 11.5 Å². The zero-order valence-electron chi connectivity index (χ0n) is 13.1. The van der Waals surface area contributed by atoms with E-state index in [0.29, 0.717) is 24.5 Å². The van der Waals surface area contributed by atoms with Gasteiger partial charge in [0.15, 0.2) is 11.5 Å². The number of amides is 1. The van der Waals surface area contributed by atoms with Crippen LogP contribution in [-0.2, 0) is 17.8 Å². The van der Waals surface area contributed by atoms with Gasteiger partial charge in [-0.1, -0.05) is 6.07 Å². The number of benzene rings is 1. The van der Waals surface area contributed by atoms with Crippen LogP contribution in [0.25, 0.3) is 0 Å². The Labute approximate surface area is 135 Å². The maximum absolute atomic E-state index is 11.9. The van der Waals surface area contributed by atoms with Crippen molar-refractivity contribution >= 4 is 17.2 Å². The Morgan fingerprint density at radius 2 is 1.95 bits per heavy atom. The van der Waals surface area contributed by atoms with Crippen LogP contribution in [0.2, 0.25) is 0 Å². The van der Waals surface area contributed by atoms with Gasteiger partial charge in [0.25, 0.3) is 0 Å². The molecule has 2 aromatic rings. The Kier molecular flexibility index (Phi) is 5.83. The lowest BCUT2D eigenvalue weighted by molar-refractivity contribution is -0.121. The first-order chi connectivity index (χ1) is 10.6. The molecule has 0 saturated carbocycles. The van der Waals surface area contributed by atoms with Gasteiger partial charge in [-0.15, -0.1) is 11.3 Å². The van der Waals surface area contributed by atoms with Crippen molar-refractivity contribution in [3.05, 3.63) is 45.6 Å². The van der Waals surface area contributed by atoms with Gasteiger partial charge in [0.05, 0.1) is 14.2 Å². The summed E-state index contributed by atoms with van der Waals surface area (Å²) >= 11 is 1.68. The summed E-state index contributed by atoms with van der Waals surface area (Å²) in [4.78, 5) is 13.2. The molecule has 1 amide bonds.